The van der Waals surface area contributed by atoms with Gasteiger partial charge in [-0.05, 0) is 29.2 Å². The fourth-order valence-electron chi connectivity index (χ4n) is 3.30. The molecule has 0 aromatic heterocycles. The van der Waals surface area contributed by atoms with E-state index in [0.29, 0.717) is 11.1 Å². The first-order valence-electron chi connectivity index (χ1n) is 7.70. The molecule has 118 valence electrons. The Kier molecular flexibility index (Phi) is 3.90. The van der Waals surface area contributed by atoms with Crippen LogP contribution < -0.4 is 5.11 Å². The highest BCUT2D eigenvalue weighted by Crippen LogP contribution is 2.41. The molecule has 0 radical (unpaired) electrons. The van der Waals surface area contributed by atoms with Crippen LogP contribution in [0.1, 0.15) is 45.9 Å². The molecule has 0 saturated carbocycles. The van der Waals surface area contributed by atoms with Gasteiger partial charge in [-0.2, -0.15) is 0 Å². The fourth-order valence-corrected chi connectivity index (χ4v) is 3.30. The number of aliphatic carboxylic acids is 1. The molecule has 2 unspecified atom stereocenters. The van der Waals surface area contributed by atoms with Gasteiger partial charge < -0.3 is 14.8 Å². The Labute approximate surface area is 135 Å². The summed E-state index contributed by atoms with van der Waals surface area (Å²) < 4.78 is 0. The predicted molar refractivity (Wildman–Crippen MR) is 84.8 cm³/mol. The number of carboxylic acid groups (broad SMARTS) is 1. The molecule has 1 aliphatic heterocycles. The summed E-state index contributed by atoms with van der Waals surface area (Å²) in [5, 5.41) is 11.8. The molecule has 0 fully saturated rings. The van der Waals surface area contributed by atoms with Gasteiger partial charge in [0, 0.05) is 18.5 Å². The maximum atomic E-state index is 12.6. The van der Waals surface area contributed by atoms with Gasteiger partial charge in [0.05, 0.1) is 12.0 Å². The number of benzene rings is 2. The maximum absolute atomic E-state index is 12.6. The average Bonchev–Trinajstić information content (AvgIpc) is 2.57. The van der Waals surface area contributed by atoms with E-state index in [9.17, 15) is 14.7 Å². The highest BCUT2D eigenvalue weighted by atomic mass is 16.4. The number of rotatable bonds is 3. The molecule has 3 rings (SSSR count). The van der Waals surface area contributed by atoms with E-state index in [4.69, 9.17) is 0 Å². The standard InChI is InChI=1S/C19H19NO3/c1-3-12-8-10-13(11-9-12)17-16(19(22)23)14-6-4-5-7-15(14)18(21)20(17)2/h4-11,16-17H,3H2,1-2H3,(H,22,23)/p-1. The summed E-state index contributed by atoms with van der Waals surface area (Å²) in [6, 6.07) is 14.1. The van der Waals surface area contributed by atoms with Crippen molar-refractivity contribution in [3.63, 3.8) is 0 Å². The quantitative estimate of drug-likeness (QED) is 0.870. The molecule has 0 aliphatic carbocycles. The number of carbonyl (C=O) groups is 2. The van der Waals surface area contributed by atoms with Crippen LogP contribution in [0.3, 0.4) is 0 Å². The third-order valence-electron chi connectivity index (χ3n) is 4.56. The molecule has 0 spiro atoms. The third-order valence-corrected chi connectivity index (χ3v) is 4.56. The largest absolute Gasteiger partial charge is 0.549 e. The average molecular weight is 308 g/mol. The summed E-state index contributed by atoms with van der Waals surface area (Å²) in [4.78, 5) is 25.9. The second-order valence-corrected chi connectivity index (χ2v) is 5.84. The molecule has 2 aromatic rings. The Morgan fingerprint density at radius 2 is 1.78 bits per heavy atom. The fraction of sp³-hybridized carbons (Fsp3) is 0.263. The Morgan fingerprint density at radius 1 is 1.13 bits per heavy atom. The van der Waals surface area contributed by atoms with Crippen LogP contribution in [0, 0.1) is 0 Å². The molecular formula is C19H18NO3-. The second-order valence-electron chi connectivity index (χ2n) is 5.84. The minimum atomic E-state index is -1.17. The molecule has 2 aromatic carbocycles. The molecule has 0 saturated heterocycles. The molecule has 4 heteroatoms. The maximum Gasteiger partial charge on any atom is 0.254 e. The van der Waals surface area contributed by atoms with Gasteiger partial charge in [-0.15, -0.1) is 0 Å². The van der Waals surface area contributed by atoms with Gasteiger partial charge in [0.2, 0.25) is 0 Å². The number of hydrogen-bond acceptors (Lipinski definition) is 3. The second kappa shape index (κ2) is 5.88. The molecular weight excluding hydrogens is 290 g/mol. The van der Waals surface area contributed by atoms with Gasteiger partial charge in [0.25, 0.3) is 5.91 Å². The first-order chi connectivity index (χ1) is 11.0. The minimum Gasteiger partial charge on any atom is -0.549 e. The van der Waals surface area contributed by atoms with Crippen LogP contribution in [0.25, 0.3) is 0 Å². The zero-order valence-electron chi connectivity index (χ0n) is 13.2. The van der Waals surface area contributed by atoms with E-state index in [1.165, 1.54) is 10.5 Å². The van der Waals surface area contributed by atoms with Crippen molar-refractivity contribution in [1.82, 2.24) is 4.90 Å². The van der Waals surface area contributed by atoms with Crippen molar-refractivity contribution in [3.05, 3.63) is 70.8 Å². The van der Waals surface area contributed by atoms with E-state index in [1.54, 1.807) is 31.3 Å². The summed E-state index contributed by atoms with van der Waals surface area (Å²) in [6.07, 6.45) is 0.909. The number of hydrogen-bond donors (Lipinski definition) is 0. The first kappa shape index (κ1) is 15.3. The number of fused-ring (bicyclic) bond motifs is 1. The van der Waals surface area contributed by atoms with Crippen LogP contribution in [-0.2, 0) is 11.2 Å². The highest BCUT2D eigenvalue weighted by Gasteiger charge is 2.39. The smallest absolute Gasteiger partial charge is 0.254 e. The molecule has 1 aliphatic rings. The number of nitrogens with zero attached hydrogens (tertiary/aromatic N) is 1. The SMILES string of the molecule is CCc1ccc(C2C(C(=O)[O-])c3ccccc3C(=O)N2C)cc1. The highest BCUT2D eigenvalue weighted by molar-refractivity contribution is 6.00. The molecule has 0 N–H and O–H groups in total. The van der Waals surface area contributed by atoms with Crippen molar-refractivity contribution < 1.29 is 14.7 Å². The summed E-state index contributed by atoms with van der Waals surface area (Å²) in [5.41, 5.74) is 2.94. The molecule has 23 heavy (non-hydrogen) atoms. The van der Waals surface area contributed by atoms with E-state index in [2.05, 4.69) is 6.92 Å². The van der Waals surface area contributed by atoms with E-state index in [1.807, 2.05) is 24.3 Å². The molecule has 0 bridgehead atoms. The number of carbonyl (C=O) groups excluding carboxylic acids is 2. The first-order valence-corrected chi connectivity index (χ1v) is 7.70. The summed E-state index contributed by atoms with van der Waals surface area (Å²) in [6.45, 7) is 2.06. The van der Waals surface area contributed by atoms with Gasteiger partial charge in [-0.25, -0.2) is 0 Å². The number of carboxylic acids is 1. The molecule has 1 amide bonds. The summed E-state index contributed by atoms with van der Waals surface area (Å²) in [7, 11) is 1.65. The predicted octanol–water partition coefficient (Wildman–Crippen LogP) is 1.91. The lowest BCUT2D eigenvalue weighted by Crippen LogP contribution is -2.46. The van der Waals surface area contributed by atoms with Gasteiger partial charge >= 0.3 is 0 Å². The normalized spacial score (nSPS) is 20.3. The van der Waals surface area contributed by atoms with Gasteiger partial charge in [-0.3, -0.25) is 4.79 Å². The summed E-state index contributed by atoms with van der Waals surface area (Å²) in [5.74, 6) is -2.20. The van der Waals surface area contributed by atoms with Crippen LogP contribution >= 0.6 is 0 Å². The Balaban J connectivity index is 2.14. The van der Waals surface area contributed by atoms with E-state index in [0.717, 1.165) is 12.0 Å². The topological polar surface area (TPSA) is 60.4 Å². The van der Waals surface area contributed by atoms with Gasteiger partial charge in [-0.1, -0.05) is 49.4 Å². The van der Waals surface area contributed by atoms with E-state index < -0.39 is 17.9 Å². The van der Waals surface area contributed by atoms with Crippen molar-refractivity contribution in [2.24, 2.45) is 0 Å². The Morgan fingerprint density at radius 3 is 2.39 bits per heavy atom. The summed E-state index contributed by atoms with van der Waals surface area (Å²) >= 11 is 0. The van der Waals surface area contributed by atoms with Crippen LogP contribution in [0.2, 0.25) is 0 Å². The van der Waals surface area contributed by atoms with Crippen LogP contribution in [0.15, 0.2) is 48.5 Å². The van der Waals surface area contributed by atoms with Crippen LogP contribution in [0.5, 0.6) is 0 Å². The van der Waals surface area contributed by atoms with Crippen LogP contribution in [0.4, 0.5) is 0 Å². The van der Waals surface area contributed by atoms with Gasteiger partial charge in [0.1, 0.15) is 0 Å². The zero-order chi connectivity index (χ0) is 16.6. The van der Waals surface area contributed by atoms with E-state index >= 15 is 0 Å². The number of amides is 1. The van der Waals surface area contributed by atoms with Crippen LogP contribution in [-0.4, -0.2) is 23.8 Å². The lowest BCUT2D eigenvalue weighted by atomic mass is 9.80. The van der Waals surface area contributed by atoms with E-state index in [-0.39, 0.29) is 5.91 Å². The molecule has 1 heterocycles. The van der Waals surface area contributed by atoms with Gasteiger partial charge in [0.15, 0.2) is 0 Å². The third kappa shape index (κ3) is 2.50. The van der Waals surface area contributed by atoms with Crippen molar-refractivity contribution in [2.45, 2.75) is 25.3 Å². The molecule has 2 atom stereocenters. The Bertz CT molecular complexity index is 751. The van der Waals surface area contributed by atoms with Crippen molar-refractivity contribution in [1.29, 1.82) is 0 Å². The lowest BCUT2D eigenvalue weighted by Gasteiger charge is -2.41. The van der Waals surface area contributed by atoms with Crippen molar-refractivity contribution >= 4 is 11.9 Å². The number of likely N-dealkylation sites (N-methyl/N-ethyl adjacent to an activating group) is 1. The number of aryl methyl sites for hydroxylation is 1. The van der Waals surface area contributed by atoms with Crippen molar-refractivity contribution in [2.75, 3.05) is 7.05 Å². The monoisotopic (exact) mass is 308 g/mol. The lowest BCUT2D eigenvalue weighted by molar-refractivity contribution is -0.309. The Hall–Kier alpha value is -2.62. The zero-order valence-corrected chi connectivity index (χ0v) is 13.2. The molecule has 4 nitrogen and oxygen atoms in total. The van der Waals surface area contributed by atoms with Crippen molar-refractivity contribution in [3.8, 4) is 0 Å². The minimum absolute atomic E-state index is 0.164.